The highest BCUT2D eigenvalue weighted by Crippen LogP contribution is 2.43. The van der Waals surface area contributed by atoms with Crippen LogP contribution in [0.15, 0.2) is 60.7 Å². The molecule has 2 aromatic carbocycles. The fourth-order valence-corrected chi connectivity index (χ4v) is 5.23. The fraction of sp³-hybridized carbons (Fsp3) is 0.360. The summed E-state index contributed by atoms with van der Waals surface area (Å²) < 4.78 is 13.3. The summed E-state index contributed by atoms with van der Waals surface area (Å²) in [4.78, 5) is 28.0. The molecule has 0 aliphatic carbocycles. The molecule has 2 saturated heterocycles. The molecule has 6 heteroatoms. The number of piperidine rings is 1. The van der Waals surface area contributed by atoms with E-state index in [2.05, 4.69) is 0 Å². The zero-order chi connectivity index (χ0) is 21.5. The van der Waals surface area contributed by atoms with Crippen LogP contribution in [0.1, 0.15) is 36.1 Å². The van der Waals surface area contributed by atoms with Gasteiger partial charge in [-0.05, 0) is 35.4 Å². The van der Waals surface area contributed by atoms with Gasteiger partial charge in [0.15, 0.2) is 0 Å². The molecule has 6 nitrogen and oxygen atoms in total. The second kappa shape index (κ2) is 7.85. The Morgan fingerprint density at radius 1 is 1.13 bits per heavy atom. The number of fused-ring (bicyclic) bond motifs is 2. The normalized spacial score (nSPS) is 24.3. The minimum atomic E-state index is -0.520. The van der Waals surface area contributed by atoms with Crippen molar-refractivity contribution >= 4 is 22.8 Å². The Morgan fingerprint density at radius 2 is 1.87 bits per heavy atom. The number of methoxy groups -OCH3 is 1. The van der Waals surface area contributed by atoms with Crippen LogP contribution in [0.4, 0.5) is 0 Å². The summed E-state index contributed by atoms with van der Waals surface area (Å²) in [6.45, 7) is 0.476. The number of carbonyl (C=O) groups excluding carboxylic acids is 2. The number of carbonyl (C=O) groups is 2. The fourth-order valence-electron chi connectivity index (χ4n) is 5.23. The Hall–Kier alpha value is -3.12. The molecule has 0 bridgehead atoms. The van der Waals surface area contributed by atoms with Gasteiger partial charge in [-0.15, -0.1) is 0 Å². The molecule has 3 aromatic rings. The number of hydrogen-bond acceptors (Lipinski definition) is 4. The minimum Gasteiger partial charge on any atom is -0.468 e. The highest BCUT2D eigenvalue weighted by molar-refractivity contribution is 5.86. The Balaban J connectivity index is 1.47. The van der Waals surface area contributed by atoms with E-state index in [1.54, 1.807) is 0 Å². The summed E-state index contributed by atoms with van der Waals surface area (Å²) >= 11 is 0. The van der Waals surface area contributed by atoms with Crippen molar-refractivity contribution in [3.8, 4) is 0 Å². The Bertz CT molecular complexity index is 1120. The van der Waals surface area contributed by atoms with Crippen LogP contribution in [-0.4, -0.2) is 41.3 Å². The van der Waals surface area contributed by atoms with Gasteiger partial charge < -0.3 is 18.9 Å². The van der Waals surface area contributed by atoms with Crippen molar-refractivity contribution in [1.29, 1.82) is 0 Å². The maximum atomic E-state index is 13.3. The molecule has 1 amide bonds. The van der Waals surface area contributed by atoms with Crippen molar-refractivity contribution in [3.63, 3.8) is 0 Å². The SMILES string of the molecule is COC(=O)[C@H](c1cc2ccccc2n1C)[C@@H]1CC(=O)N2[C@H](C1)OC[C@H]2c1ccccc1. The Kier molecular flexibility index (Phi) is 5.02. The number of rotatable bonds is 4. The summed E-state index contributed by atoms with van der Waals surface area (Å²) in [5, 5.41) is 1.07. The predicted octanol–water partition coefficient (Wildman–Crippen LogP) is 3.77. The molecular weight excluding hydrogens is 392 g/mol. The molecule has 0 saturated carbocycles. The van der Waals surface area contributed by atoms with E-state index in [0.29, 0.717) is 19.4 Å². The summed E-state index contributed by atoms with van der Waals surface area (Å²) in [6, 6.07) is 20.0. The van der Waals surface area contributed by atoms with Crippen LogP contribution in [0.3, 0.4) is 0 Å². The van der Waals surface area contributed by atoms with Crippen molar-refractivity contribution in [3.05, 3.63) is 71.9 Å². The van der Waals surface area contributed by atoms with Gasteiger partial charge in [0.25, 0.3) is 0 Å². The summed E-state index contributed by atoms with van der Waals surface area (Å²) in [5.74, 6) is -0.985. The predicted molar refractivity (Wildman–Crippen MR) is 116 cm³/mol. The summed E-state index contributed by atoms with van der Waals surface area (Å²) in [7, 11) is 3.37. The molecule has 2 fully saturated rings. The Morgan fingerprint density at radius 3 is 2.61 bits per heavy atom. The van der Waals surface area contributed by atoms with Crippen molar-refractivity contribution in [2.45, 2.75) is 31.0 Å². The number of hydrogen-bond donors (Lipinski definition) is 0. The lowest BCUT2D eigenvalue weighted by atomic mass is 9.80. The molecule has 31 heavy (non-hydrogen) atoms. The number of ether oxygens (including phenoxy) is 2. The number of para-hydroxylation sites is 1. The molecule has 1 aromatic heterocycles. The molecule has 4 atom stereocenters. The van der Waals surface area contributed by atoms with Crippen LogP contribution in [0.25, 0.3) is 10.9 Å². The van der Waals surface area contributed by atoms with Gasteiger partial charge in [-0.3, -0.25) is 9.59 Å². The number of benzene rings is 2. The zero-order valence-electron chi connectivity index (χ0n) is 17.7. The first kappa shape index (κ1) is 19.8. The van der Waals surface area contributed by atoms with Crippen molar-refractivity contribution in [2.75, 3.05) is 13.7 Å². The molecular formula is C25H26N2O4. The van der Waals surface area contributed by atoms with Crippen molar-refractivity contribution in [2.24, 2.45) is 13.0 Å². The number of amides is 1. The highest BCUT2D eigenvalue weighted by atomic mass is 16.5. The Labute approximate surface area is 181 Å². The molecule has 0 radical (unpaired) electrons. The molecule has 5 rings (SSSR count). The number of aromatic nitrogens is 1. The molecule has 0 unspecified atom stereocenters. The quantitative estimate of drug-likeness (QED) is 0.605. The van der Waals surface area contributed by atoms with Crippen LogP contribution in [0, 0.1) is 5.92 Å². The number of aryl methyl sites for hydroxylation is 1. The van der Waals surface area contributed by atoms with Crippen LogP contribution < -0.4 is 0 Å². The van der Waals surface area contributed by atoms with Gasteiger partial charge in [0, 0.05) is 24.7 Å². The molecule has 2 aliphatic rings. The van der Waals surface area contributed by atoms with E-state index in [1.807, 2.05) is 77.2 Å². The second-order valence-corrected chi connectivity index (χ2v) is 8.40. The van der Waals surface area contributed by atoms with E-state index in [9.17, 15) is 9.59 Å². The first-order valence-electron chi connectivity index (χ1n) is 10.7. The topological polar surface area (TPSA) is 60.8 Å². The third kappa shape index (κ3) is 3.31. The minimum absolute atomic E-state index is 0.0280. The van der Waals surface area contributed by atoms with E-state index in [0.717, 1.165) is 22.2 Å². The average molecular weight is 418 g/mol. The standard InChI is InChI=1S/C25H26N2O4/c1-26-19-11-7-6-10-17(19)12-20(26)24(25(29)30-2)18-13-22(28)27-21(15-31-23(27)14-18)16-8-4-3-5-9-16/h3-12,18,21,23-24H,13-15H2,1-2H3/t18-,21+,23+,24+/m1/s1. The van der Waals surface area contributed by atoms with Crippen LogP contribution in [0.5, 0.6) is 0 Å². The van der Waals surface area contributed by atoms with Gasteiger partial charge in [0.05, 0.1) is 19.8 Å². The van der Waals surface area contributed by atoms with Gasteiger partial charge in [-0.25, -0.2) is 0 Å². The zero-order valence-corrected chi connectivity index (χ0v) is 17.7. The van der Waals surface area contributed by atoms with E-state index in [1.165, 1.54) is 7.11 Å². The maximum absolute atomic E-state index is 13.3. The monoisotopic (exact) mass is 418 g/mol. The third-order valence-corrected chi connectivity index (χ3v) is 6.74. The van der Waals surface area contributed by atoms with Gasteiger partial charge in [-0.2, -0.15) is 0 Å². The lowest BCUT2D eigenvalue weighted by Crippen LogP contribution is -2.46. The highest BCUT2D eigenvalue weighted by Gasteiger charge is 2.47. The lowest BCUT2D eigenvalue weighted by Gasteiger charge is -2.38. The second-order valence-electron chi connectivity index (χ2n) is 8.40. The van der Waals surface area contributed by atoms with Crippen LogP contribution in [0.2, 0.25) is 0 Å². The molecule has 3 heterocycles. The van der Waals surface area contributed by atoms with Gasteiger partial charge in [-0.1, -0.05) is 48.5 Å². The van der Waals surface area contributed by atoms with Gasteiger partial charge in [0.1, 0.15) is 12.1 Å². The van der Waals surface area contributed by atoms with Crippen LogP contribution >= 0.6 is 0 Å². The number of nitrogens with zero attached hydrogens (tertiary/aromatic N) is 2. The average Bonchev–Trinajstić information content (AvgIpc) is 3.37. The smallest absolute Gasteiger partial charge is 0.314 e. The van der Waals surface area contributed by atoms with Gasteiger partial charge in [0.2, 0.25) is 5.91 Å². The van der Waals surface area contributed by atoms with Crippen molar-refractivity contribution < 1.29 is 19.1 Å². The first-order chi connectivity index (χ1) is 15.1. The lowest BCUT2D eigenvalue weighted by molar-refractivity contribution is -0.151. The molecule has 160 valence electrons. The van der Waals surface area contributed by atoms with E-state index < -0.39 is 5.92 Å². The maximum Gasteiger partial charge on any atom is 0.314 e. The van der Waals surface area contributed by atoms with E-state index in [4.69, 9.17) is 9.47 Å². The molecule has 0 N–H and O–H groups in total. The van der Waals surface area contributed by atoms with Crippen molar-refractivity contribution in [1.82, 2.24) is 9.47 Å². The van der Waals surface area contributed by atoms with E-state index in [-0.39, 0.29) is 30.1 Å². The number of esters is 1. The molecule has 0 spiro atoms. The summed E-state index contributed by atoms with van der Waals surface area (Å²) in [6.07, 6.45) is 0.583. The summed E-state index contributed by atoms with van der Waals surface area (Å²) in [5.41, 5.74) is 3.00. The van der Waals surface area contributed by atoms with Gasteiger partial charge >= 0.3 is 5.97 Å². The van der Waals surface area contributed by atoms with Crippen LogP contribution in [-0.2, 0) is 26.1 Å². The van der Waals surface area contributed by atoms with E-state index >= 15 is 0 Å². The first-order valence-corrected chi connectivity index (χ1v) is 10.7. The molecule has 2 aliphatic heterocycles. The third-order valence-electron chi connectivity index (χ3n) is 6.74. The largest absolute Gasteiger partial charge is 0.468 e.